The van der Waals surface area contributed by atoms with Gasteiger partial charge in [-0.3, -0.25) is 4.79 Å². The molecule has 0 heterocycles. The van der Waals surface area contributed by atoms with Crippen LogP contribution in [0, 0.1) is 17.1 Å². The van der Waals surface area contributed by atoms with Gasteiger partial charge >= 0.3 is 0 Å². The number of anilines is 1. The minimum absolute atomic E-state index is 0.00294. The van der Waals surface area contributed by atoms with Crippen molar-refractivity contribution in [2.24, 2.45) is 0 Å². The number of nitriles is 1. The maximum Gasteiger partial charge on any atom is 0.266 e. The molecule has 6 heteroatoms. The number of allylic oxidation sites excluding steroid dienone is 1. The molecule has 1 amide bonds. The van der Waals surface area contributed by atoms with Gasteiger partial charge in [0.25, 0.3) is 5.91 Å². The van der Waals surface area contributed by atoms with Crippen LogP contribution in [-0.2, 0) is 11.2 Å². The lowest BCUT2D eigenvalue weighted by atomic mass is 10.0. The summed E-state index contributed by atoms with van der Waals surface area (Å²) in [7, 11) is 0. The van der Waals surface area contributed by atoms with Crippen molar-refractivity contribution in [1.29, 1.82) is 5.26 Å². The van der Waals surface area contributed by atoms with Crippen molar-refractivity contribution in [1.82, 2.24) is 0 Å². The summed E-state index contributed by atoms with van der Waals surface area (Å²) in [6.45, 7) is 5.79. The van der Waals surface area contributed by atoms with E-state index in [0.29, 0.717) is 29.8 Å². The minimum Gasteiger partial charge on any atom is -0.504 e. The van der Waals surface area contributed by atoms with Crippen LogP contribution in [0.4, 0.5) is 10.1 Å². The first-order valence-corrected chi connectivity index (χ1v) is 8.26. The van der Waals surface area contributed by atoms with E-state index in [1.165, 1.54) is 30.3 Å². The van der Waals surface area contributed by atoms with Gasteiger partial charge in [0.15, 0.2) is 11.5 Å². The summed E-state index contributed by atoms with van der Waals surface area (Å²) in [4.78, 5) is 12.3. The van der Waals surface area contributed by atoms with Gasteiger partial charge in [0, 0.05) is 11.3 Å². The molecule has 0 aliphatic heterocycles. The molecule has 0 aromatic heterocycles. The molecule has 0 atom stereocenters. The van der Waals surface area contributed by atoms with Gasteiger partial charge in [0.2, 0.25) is 0 Å². The highest BCUT2D eigenvalue weighted by molar-refractivity contribution is 6.09. The zero-order valence-corrected chi connectivity index (χ0v) is 14.8. The number of phenolic OH excluding ortho intramolecular Hbond substituents is 1. The third-order valence-electron chi connectivity index (χ3n) is 3.62. The number of rotatable bonds is 7. The normalized spacial score (nSPS) is 10.8. The Hall–Kier alpha value is -3.59. The van der Waals surface area contributed by atoms with E-state index in [1.54, 1.807) is 25.1 Å². The third kappa shape index (κ3) is 5.19. The third-order valence-corrected chi connectivity index (χ3v) is 3.62. The van der Waals surface area contributed by atoms with Crippen molar-refractivity contribution >= 4 is 17.7 Å². The number of amides is 1. The van der Waals surface area contributed by atoms with Gasteiger partial charge in [-0.25, -0.2) is 4.39 Å². The van der Waals surface area contributed by atoms with Crippen LogP contribution in [0.3, 0.4) is 0 Å². The Morgan fingerprint density at radius 3 is 2.67 bits per heavy atom. The Bertz CT molecular complexity index is 912. The first-order chi connectivity index (χ1) is 13.0. The highest BCUT2D eigenvalue weighted by Crippen LogP contribution is 2.33. The van der Waals surface area contributed by atoms with Crippen LogP contribution >= 0.6 is 0 Å². The van der Waals surface area contributed by atoms with Gasteiger partial charge in [0.1, 0.15) is 17.5 Å². The molecular weight excluding hydrogens is 347 g/mol. The molecule has 0 aliphatic carbocycles. The lowest BCUT2D eigenvalue weighted by molar-refractivity contribution is -0.112. The zero-order chi connectivity index (χ0) is 19.8. The predicted molar refractivity (Wildman–Crippen MR) is 102 cm³/mol. The summed E-state index contributed by atoms with van der Waals surface area (Å²) >= 11 is 0. The zero-order valence-electron chi connectivity index (χ0n) is 14.8. The Kier molecular flexibility index (Phi) is 6.73. The number of nitrogens with one attached hydrogen (secondary N) is 1. The molecule has 27 heavy (non-hydrogen) atoms. The number of halogens is 1. The lowest BCUT2D eigenvalue weighted by Crippen LogP contribution is -2.13. The molecule has 0 saturated carbocycles. The smallest absolute Gasteiger partial charge is 0.266 e. The first-order valence-electron chi connectivity index (χ1n) is 8.26. The lowest BCUT2D eigenvalue weighted by Gasteiger charge is -2.11. The number of carbonyl (C=O) groups excluding carboxylic acids is 1. The van der Waals surface area contributed by atoms with E-state index in [-0.39, 0.29) is 17.1 Å². The average molecular weight is 366 g/mol. The quantitative estimate of drug-likeness (QED) is 0.437. The maximum absolute atomic E-state index is 13.0. The van der Waals surface area contributed by atoms with Crippen LogP contribution in [0.5, 0.6) is 11.5 Å². The molecule has 0 spiro atoms. The maximum atomic E-state index is 13.0. The van der Waals surface area contributed by atoms with Gasteiger partial charge in [-0.1, -0.05) is 6.08 Å². The molecule has 0 aliphatic rings. The molecule has 0 unspecified atom stereocenters. The minimum atomic E-state index is -0.625. The predicted octanol–water partition coefficient (Wildman–Crippen LogP) is 4.20. The standard InChI is InChI=1S/C21H19FN2O3/c1-3-5-15-10-14(12-19(20(15)25)27-4-2)11-16(13-23)21(26)24-18-8-6-17(22)7-9-18/h3,6-12,25H,1,4-5H2,2H3,(H,24,26)/b16-11-. The van der Waals surface area contributed by atoms with Gasteiger partial charge in [-0.2, -0.15) is 5.26 Å². The molecule has 2 N–H and O–H groups in total. The number of carbonyl (C=O) groups is 1. The van der Waals surface area contributed by atoms with E-state index in [1.807, 2.05) is 6.07 Å². The number of nitrogens with zero attached hydrogens (tertiary/aromatic N) is 1. The summed E-state index contributed by atoms with van der Waals surface area (Å²) in [5, 5.41) is 22.1. The molecule has 2 aromatic carbocycles. The monoisotopic (exact) mass is 366 g/mol. The van der Waals surface area contributed by atoms with E-state index in [9.17, 15) is 19.6 Å². The molecule has 0 fully saturated rings. The van der Waals surface area contributed by atoms with E-state index >= 15 is 0 Å². The van der Waals surface area contributed by atoms with Crippen LogP contribution in [-0.4, -0.2) is 17.6 Å². The second-order valence-electron chi connectivity index (χ2n) is 5.58. The van der Waals surface area contributed by atoms with E-state index < -0.39 is 11.7 Å². The molecule has 0 saturated heterocycles. The molecule has 2 rings (SSSR count). The van der Waals surface area contributed by atoms with Crippen LogP contribution in [0.15, 0.2) is 54.6 Å². The topological polar surface area (TPSA) is 82.4 Å². The van der Waals surface area contributed by atoms with Crippen molar-refractivity contribution < 1.29 is 19.0 Å². The number of hydrogen-bond donors (Lipinski definition) is 2. The number of benzene rings is 2. The van der Waals surface area contributed by atoms with E-state index in [4.69, 9.17) is 4.74 Å². The summed E-state index contributed by atoms with van der Waals surface area (Å²) in [5.74, 6) is -0.783. The van der Waals surface area contributed by atoms with Crippen LogP contribution < -0.4 is 10.1 Å². The Morgan fingerprint density at radius 1 is 1.37 bits per heavy atom. The summed E-state index contributed by atoms with van der Waals surface area (Å²) in [5.41, 5.74) is 1.32. The molecule has 2 aromatic rings. The fraction of sp³-hybridized carbons (Fsp3) is 0.143. The van der Waals surface area contributed by atoms with Gasteiger partial charge in [0.05, 0.1) is 6.61 Å². The van der Waals surface area contributed by atoms with Crippen molar-refractivity contribution in [3.05, 3.63) is 71.6 Å². The number of phenols is 1. The summed E-state index contributed by atoms with van der Waals surface area (Å²) in [6.07, 6.45) is 3.43. The second kappa shape index (κ2) is 9.20. The molecule has 138 valence electrons. The molecule has 0 radical (unpaired) electrons. The number of aromatic hydroxyl groups is 1. The average Bonchev–Trinajstić information content (AvgIpc) is 2.65. The van der Waals surface area contributed by atoms with Crippen LogP contribution in [0.25, 0.3) is 6.08 Å². The molecule has 0 bridgehead atoms. The van der Waals surface area contributed by atoms with Crippen molar-refractivity contribution in [3.8, 4) is 17.6 Å². The fourth-order valence-corrected chi connectivity index (χ4v) is 2.40. The Morgan fingerprint density at radius 2 is 2.07 bits per heavy atom. The van der Waals surface area contributed by atoms with Crippen molar-refractivity contribution in [2.75, 3.05) is 11.9 Å². The van der Waals surface area contributed by atoms with E-state index in [2.05, 4.69) is 11.9 Å². The Labute approximate surface area is 157 Å². The molecule has 5 nitrogen and oxygen atoms in total. The summed E-state index contributed by atoms with van der Waals surface area (Å²) in [6, 6.07) is 10.3. The number of hydrogen-bond acceptors (Lipinski definition) is 4. The Balaban J connectivity index is 2.35. The number of ether oxygens (including phenoxy) is 1. The van der Waals surface area contributed by atoms with Gasteiger partial charge in [-0.15, -0.1) is 6.58 Å². The fourth-order valence-electron chi connectivity index (χ4n) is 2.40. The SMILES string of the molecule is C=CCc1cc(/C=C(/C#N)C(=O)Nc2ccc(F)cc2)cc(OCC)c1O. The van der Waals surface area contributed by atoms with Gasteiger partial charge < -0.3 is 15.2 Å². The first kappa shape index (κ1) is 19.7. The van der Waals surface area contributed by atoms with Crippen molar-refractivity contribution in [3.63, 3.8) is 0 Å². The highest BCUT2D eigenvalue weighted by atomic mass is 19.1. The van der Waals surface area contributed by atoms with E-state index in [0.717, 1.165) is 0 Å². The van der Waals surface area contributed by atoms with Crippen LogP contribution in [0.1, 0.15) is 18.1 Å². The largest absolute Gasteiger partial charge is 0.504 e. The van der Waals surface area contributed by atoms with Crippen molar-refractivity contribution in [2.45, 2.75) is 13.3 Å². The summed E-state index contributed by atoms with van der Waals surface area (Å²) < 4.78 is 18.4. The van der Waals surface area contributed by atoms with Crippen LogP contribution in [0.2, 0.25) is 0 Å². The highest BCUT2D eigenvalue weighted by Gasteiger charge is 2.13. The van der Waals surface area contributed by atoms with Gasteiger partial charge in [-0.05, 0) is 61.4 Å². The second-order valence-corrected chi connectivity index (χ2v) is 5.58. The molecular formula is C21H19FN2O3.